The summed E-state index contributed by atoms with van der Waals surface area (Å²) < 4.78 is 5.18. The second-order valence-corrected chi connectivity index (χ2v) is 5.57. The average Bonchev–Trinajstić information content (AvgIpc) is 2.86. The van der Waals surface area contributed by atoms with Crippen molar-refractivity contribution in [2.75, 3.05) is 11.1 Å². The summed E-state index contributed by atoms with van der Waals surface area (Å²) in [6.07, 6.45) is 1.61. The van der Waals surface area contributed by atoms with Gasteiger partial charge in [0.2, 0.25) is 5.91 Å². The van der Waals surface area contributed by atoms with Crippen LogP contribution >= 0.6 is 35.0 Å². The van der Waals surface area contributed by atoms with Gasteiger partial charge in [-0.25, -0.2) is 0 Å². The number of carbonyl (C=O) groups is 1. The van der Waals surface area contributed by atoms with Crippen LogP contribution in [0.4, 0.5) is 5.69 Å². The molecule has 1 N–H and O–H groups in total. The van der Waals surface area contributed by atoms with E-state index in [4.69, 9.17) is 27.6 Å². The molecule has 0 unspecified atom stereocenters. The Morgan fingerprint density at radius 2 is 2.16 bits per heavy atom. The van der Waals surface area contributed by atoms with Crippen molar-refractivity contribution in [1.29, 1.82) is 0 Å². The van der Waals surface area contributed by atoms with Crippen LogP contribution in [0.1, 0.15) is 5.76 Å². The van der Waals surface area contributed by atoms with Gasteiger partial charge in [-0.1, -0.05) is 23.2 Å². The number of nitrogens with one attached hydrogen (secondary N) is 1. The van der Waals surface area contributed by atoms with Gasteiger partial charge in [-0.05, 0) is 30.3 Å². The highest BCUT2D eigenvalue weighted by molar-refractivity contribution is 7.99. The molecule has 0 aliphatic carbocycles. The zero-order chi connectivity index (χ0) is 13.7. The Hall–Kier alpha value is -1.10. The van der Waals surface area contributed by atoms with Crippen molar-refractivity contribution in [2.45, 2.75) is 5.75 Å². The SMILES string of the molecule is O=C(CSCc1ccco1)Nc1ccc(Cl)cc1Cl. The van der Waals surface area contributed by atoms with Crippen molar-refractivity contribution in [3.63, 3.8) is 0 Å². The number of anilines is 1. The van der Waals surface area contributed by atoms with Crippen molar-refractivity contribution in [2.24, 2.45) is 0 Å². The average molecular weight is 316 g/mol. The first-order valence-corrected chi connectivity index (χ1v) is 7.41. The van der Waals surface area contributed by atoms with Gasteiger partial charge in [-0.2, -0.15) is 0 Å². The first-order valence-electron chi connectivity index (χ1n) is 5.50. The van der Waals surface area contributed by atoms with E-state index in [-0.39, 0.29) is 5.91 Å². The lowest BCUT2D eigenvalue weighted by Gasteiger charge is -2.07. The predicted molar refractivity (Wildman–Crippen MR) is 80.0 cm³/mol. The number of hydrogen-bond acceptors (Lipinski definition) is 3. The third-order valence-electron chi connectivity index (χ3n) is 2.26. The van der Waals surface area contributed by atoms with Gasteiger partial charge in [0.05, 0.1) is 28.5 Å². The van der Waals surface area contributed by atoms with E-state index in [1.165, 1.54) is 11.8 Å². The van der Waals surface area contributed by atoms with E-state index in [2.05, 4.69) is 5.32 Å². The summed E-state index contributed by atoms with van der Waals surface area (Å²) in [5.74, 6) is 1.73. The molecule has 0 fully saturated rings. The van der Waals surface area contributed by atoms with Crippen molar-refractivity contribution >= 4 is 46.6 Å². The van der Waals surface area contributed by atoms with Crippen molar-refractivity contribution in [3.8, 4) is 0 Å². The molecule has 100 valence electrons. The van der Waals surface area contributed by atoms with Crippen LogP contribution in [-0.4, -0.2) is 11.7 Å². The number of rotatable bonds is 5. The first kappa shape index (κ1) is 14.3. The summed E-state index contributed by atoms with van der Waals surface area (Å²) in [4.78, 5) is 11.7. The molecule has 0 spiro atoms. The van der Waals surface area contributed by atoms with Gasteiger partial charge in [-0.3, -0.25) is 4.79 Å². The van der Waals surface area contributed by atoms with Gasteiger partial charge in [0, 0.05) is 5.02 Å². The molecule has 19 heavy (non-hydrogen) atoms. The molecule has 3 nitrogen and oxygen atoms in total. The largest absolute Gasteiger partial charge is 0.468 e. The molecular weight excluding hydrogens is 305 g/mol. The molecule has 0 radical (unpaired) electrons. The molecule has 0 bridgehead atoms. The number of benzene rings is 1. The standard InChI is InChI=1S/C13H11Cl2NO2S/c14-9-3-4-12(11(15)6-9)16-13(17)8-19-7-10-2-1-5-18-10/h1-6H,7-8H2,(H,16,17). The number of carbonyl (C=O) groups excluding carboxylic acids is 1. The van der Waals surface area contributed by atoms with E-state index in [1.807, 2.05) is 12.1 Å². The van der Waals surface area contributed by atoms with E-state index >= 15 is 0 Å². The van der Waals surface area contributed by atoms with Crippen LogP contribution in [0.2, 0.25) is 10.0 Å². The molecular formula is C13H11Cl2NO2S. The molecule has 2 rings (SSSR count). The fourth-order valence-corrected chi connectivity index (χ4v) is 2.60. The molecule has 0 atom stereocenters. The third-order valence-corrected chi connectivity index (χ3v) is 3.77. The first-order chi connectivity index (χ1) is 9.15. The molecule has 6 heteroatoms. The van der Waals surface area contributed by atoms with Gasteiger partial charge in [0.1, 0.15) is 5.76 Å². The van der Waals surface area contributed by atoms with Gasteiger partial charge in [0.25, 0.3) is 0 Å². The summed E-state index contributed by atoms with van der Waals surface area (Å²) in [5, 5.41) is 3.70. The van der Waals surface area contributed by atoms with Crippen LogP contribution in [0.5, 0.6) is 0 Å². The topological polar surface area (TPSA) is 42.2 Å². The lowest BCUT2D eigenvalue weighted by atomic mass is 10.3. The highest BCUT2D eigenvalue weighted by Gasteiger charge is 2.07. The maximum atomic E-state index is 11.7. The number of hydrogen-bond donors (Lipinski definition) is 1. The Bertz CT molecular complexity index is 558. The Labute approximate surface area is 125 Å². The Balaban J connectivity index is 1.80. The molecule has 1 aromatic carbocycles. The highest BCUT2D eigenvalue weighted by atomic mass is 35.5. The number of furan rings is 1. The molecule has 2 aromatic rings. The number of thioether (sulfide) groups is 1. The minimum atomic E-state index is -0.110. The minimum Gasteiger partial charge on any atom is -0.468 e. The lowest BCUT2D eigenvalue weighted by molar-refractivity contribution is -0.113. The maximum Gasteiger partial charge on any atom is 0.234 e. The summed E-state index contributed by atoms with van der Waals surface area (Å²) in [6.45, 7) is 0. The summed E-state index contributed by atoms with van der Waals surface area (Å²) in [7, 11) is 0. The van der Waals surface area contributed by atoms with Crippen molar-refractivity contribution in [1.82, 2.24) is 0 Å². The van der Waals surface area contributed by atoms with Crippen LogP contribution in [0, 0.1) is 0 Å². The summed E-state index contributed by atoms with van der Waals surface area (Å²) in [5.41, 5.74) is 0.565. The number of amides is 1. The molecule has 1 amide bonds. The van der Waals surface area contributed by atoms with Crippen LogP contribution in [0.3, 0.4) is 0 Å². The second kappa shape index (κ2) is 6.89. The van der Waals surface area contributed by atoms with E-state index in [1.54, 1.807) is 24.5 Å². The Morgan fingerprint density at radius 1 is 1.32 bits per heavy atom. The molecule has 0 aliphatic heterocycles. The molecule has 0 aliphatic rings. The Kier molecular flexibility index (Phi) is 5.19. The van der Waals surface area contributed by atoms with Crippen LogP contribution < -0.4 is 5.32 Å². The second-order valence-electron chi connectivity index (χ2n) is 3.74. The smallest absolute Gasteiger partial charge is 0.234 e. The quantitative estimate of drug-likeness (QED) is 0.885. The molecule has 1 aromatic heterocycles. The van der Waals surface area contributed by atoms with Crippen LogP contribution in [0.25, 0.3) is 0 Å². The maximum absolute atomic E-state index is 11.7. The van der Waals surface area contributed by atoms with Crippen LogP contribution in [-0.2, 0) is 10.5 Å². The van der Waals surface area contributed by atoms with Gasteiger partial charge < -0.3 is 9.73 Å². The zero-order valence-corrected chi connectivity index (χ0v) is 12.2. The lowest BCUT2D eigenvalue weighted by Crippen LogP contribution is -2.14. The molecule has 1 heterocycles. The monoisotopic (exact) mass is 315 g/mol. The Morgan fingerprint density at radius 3 is 2.84 bits per heavy atom. The van der Waals surface area contributed by atoms with E-state index < -0.39 is 0 Å². The summed E-state index contributed by atoms with van der Waals surface area (Å²) >= 11 is 13.2. The summed E-state index contributed by atoms with van der Waals surface area (Å²) in [6, 6.07) is 8.65. The minimum absolute atomic E-state index is 0.110. The fourth-order valence-electron chi connectivity index (χ4n) is 1.42. The molecule has 0 saturated heterocycles. The van der Waals surface area contributed by atoms with E-state index in [0.717, 1.165) is 5.76 Å². The predicted octanol–water partition coefficient (Wildman–Crippen LogP) is 4.46. The zero-order valence-electron chi connectivity index (χ0n) is 9.86. The van der Waals surface area contributed by atoms with Crippen molar-refractivity contribution in [3.05, 3.63) is 52.4 Å². The fraction of sp³-hybridized carbons (Fsp3) is 0.154. The third kappa shape index (κ3) is 4.49. The highest BCUT2D eigenvalue weighted by Crippen LogP contribution is 2.25. The normalized spacial score (nSPS) is 10.4. The van der Waals surface area contributed by atoms with Crippen molar-refractivity contribution < 1.29 is 9.21 Å². The van der Waals surface area contributed by atoms with E-state index in [9.17, 15) is 4.79 Å². The molecule has 0 saturated carbocycles. The van der Waals surface area contributed by atoms with E-state index in [0.29, 0.717) is 27.2 Å². The number of halogens is 2. The van der Waals surface area contributed by atoms with Gasteiger partial charge >= 0.3 is 0 Å². The van der Waals surface area contributed by atoms with Crippen LogP contribution in [0.15, 0.2) is 41.0 Å². The van der Waals surface area contributed by atoms with Gasteiger partial charge in [-0.15, -0.1) is 11.8 Å². The van der Waals surface area contributed by atoms with Gasteiger partial charge in [0.15, 0.2) is 0 Å².